The number of hydrogen-bond acceptors (Lipinski definition) is 5. The van der Waals surface area contributed by atoms with Gasteiger partial charge in [-0.25, -0.2) is 9.97 Å². The Morgan fingerprint density at radius 3 is 2.89 bits per heavy atom. The van der Waals surface area contributed by atoms with Gasteiger partial charge >= 0.3 is 0 Å². The first-order chi connectivity index (χ1) is 13.1. The zero-order valence-electron chi connectivity index (χ0n) is 15.4. The molecule has 1 aliphatic heterocycles. The summed E-state index contributed by atoms with van der Waals surface area (Å²) in [5.41, 5.74) is 4.34. The highest BCUT2D eigenvalue weighted by molar-refractivity contribution is 6.06. The fourth-order valence-electron chi connectivity index (χ4n) is 3.44. The second-order valence-electron chi connectivity index (χ2n) is 6.79. The SMILES string of the molecule is Cc1cc(C(=O)N2c3ccccc3CC2C)nc(NCc2cccnc2)n1. The normalized spacial score (nSPS) is 15.5. The van der Waals surface area contributed by atoms with Crippen LogP contribution in [0, 0.1) is 6.92 Å². The van der Waals surface area contributed by atoms with E-state index in [0.717, 1.165) is 23.4 Å². The first kappa shape index (κ1) is 17.1. The Hall–Kier alpha value is -3.28. The molecule has 0 fully saturated rings. The van der Waals surface area contributed by atoms with Crippen LogP contribution in [-0.2, 0) is 13.0 Å². The number of pyridine rings is 1. The van der Waals surface area contributed by atoms with Crippen molar-refractivity contribution in [1.82, 2.24) is 15.0 Å². The van der Waals surface area contributed by atoms with Crippen molar-refractivity contribution >= 4 is 17.5 Å². The van der Waals surface area contributed by atoms with E-state index < -0.39 is 0 Å². The molecule has 0 bridgehead atoms. The quantitative estimate of drug-likeness (QED) is 0.773. The van der Waals surface area contributed by atoms with Gasteiger partial charge in [0.2, 0.25) is 5.95 Å². The Labute approximate surface area is 158 Å². The van der Waals surface area contributed by atoms with Gasteiger partial charge in [0.1, 0.15) is 5.69 Å². The van der Waals surface area contributed by atoms with Gasteiger partial charge in [-0.3, -0.25) is 9.78 Å². The second kappa shape index (κ2) is 7.15. The van der Waals surface area contributed by atoms with Crippen molar-refractivity contribution in [2.75, 3.05) is 10.2 Å². The Balaban J connectivity index is 1.58. The van der Waals surface area contributed by atoms with Crippen molar-refractivity contribution < 1.29 is 4.79 Å². The molecule has 3 aromatic rings. The second-order valence-corrected chi connectivity index (χ2v) is 6.79. The summed E-state index contributed by atoms with van der Waals surface area (Å²) in [5, 5.41) is 3.19. The summed E-state index contributed by atoms with van der Waals surface area (Å²) >= 11 is 0. The monoisotopic (exact) mass is 359 g/mol. The molecule has 1 amide bonds. The molecule has 2 aromatic heterocycles. The average Bonchev–Trinajstić information content (AvgIpc) is 3.02. The summed E-state index contributed by atoms with van der Waals surface area (Å²) in [4.78, 5) is 28.0. The number of aryl methyl sites for hydroxylation is 1. The van der Waals surface area contributed by atoms with Crippen LogP contribution in [-0.4, -0.2) is 26.9 Å². The maximum absolute atomic E-state index is 13.2. The largest absolute Gasteiger partial charge is 0.350 e. The van der Waals surface area contributed by atoms with Gasteiger partial charge in [0.25, 0.3) is 5.91 Å². The number of amides is 1. The summed E-state index contributed by atoms with van der Waals surface area (Å²) < 4.78 is 0. The van der Waals surface area contributed by atoms with Gasteiger partial charge in [0.05, 0.1) is 0 Å². The van der Waals surface area contributed by atoms with E-state index in [2.05, 4.69) is 33.3 Å². The molecule has 3 heterocycles. The summed E-state index contributed by atoms with van der Waals surface area (Å²) in [6.07, 6.45) is 4.38. The lowest BCUT2D eigenvalue weighted by Gasteiger charge is -2.22. The van der Waals surface area contributed by atoms with E-state index in [9.17, 15) is 4.79 Å². The molecule has 0 radical (unpaired) electrons. The maximum atomic E-state index is 13.2. The minimum Gasteiger partial charge on any atom is -0.350 e. The van der Waals surface area contributed by atoms with Crippen LogP contribution < -0.4 is 10.2 Å². The predicted octanol–water partition coefficient (Wildman–Crippen LogP) is 3.38. The molecular weight excluding hydrogens is 338 g/mol. The molecule has 1 N–H and O–H groups in total. The van der Waals surface area contributed by atoms with Crippen molar-refractivity contribution in [3.63, 3.8) is 0 Å². The van der Waals surface area contributed by atoms with Crippen molar-refractivity contribution in [1.29, 1.82) is 0 Å². The Kier molecular flexibility index (Phi) is 4.54. The molecule has 1 aromatic carbocycles. The molecule has 27 heavy (non-hydrogen) atoms. The highest BCUT2D eigenvalue weighted by Gasteiger charge is 2.32. The average molecular weight is 359 g/mol. The van der Waals surface area contributed by atoms with E-state index >= 15 is 0 Å². The van der Waals surface area contributed by atoms with E-state index in [0.29, 0.717) is 18.2 Å². The number of fused-ring (bicyclic) bond motifs is 1. The molecule has 0 aliphatic carbocycles. The van der Waals surface area contributed by atoms with Crippen LogP contribution in [0.5, 0.6) is 0 Å². The topological polar surface area (TPSA) is 71.0 Å². The number of nitrogens with one attached hydrogen (secondary N) is 1. The van der Waals surface area contributed by atoms with Gasteiger partial charge in [-0.05, 0) is 49.6 Å². The van der Waals surface area contributed by atoms with Crippen LogP contribution in [0.3, 0.4) is 0 Å². The van der Waals surface area contributed by atoms with Gasteiger partial charge in [0.15, 0.2) is 0 Å². The third-order valence-corrected chi connectivity index (χ3v) is 4.67. The highest BCUT2D eigenvalue weighted by Crippen LogP contribution is 2.32. The third kappa shape index (κ3) is 3.51. The molecule has 0 saturated carbocycles. The zero-order chi connectivity index (χ0) is 18.8. The minimum atomic E-state index is -0.0950. The molecule has 6 heteroatoms. The zero-order valence-corrected chi connectivity index (χ0v) is 15.4. The molecule has 0 saturated heterocycles. The van der Waals surface area contributed by atoms with Gasteiger partial charge < -0.3 is 10.2 Å². The molecule has 1 unspecified atom stereocenters. The Morgan fingerprint density at radius 1 is 1.22 bits per heavy atom. The highest BCUT2D eigenvalue weighted by atomic mass is 16.2. The fourth-order valence-corrected chi connectivity index (χ4v) is 3.44. The van der Waals surface area contributed by atoms with E-state index in [-0.39, 0.29) is 11.9 Å². The van der Waals surface area contributed by atoms with E-state index in [4.69, 9.17) is 0 Å². The number of nitrogens with zero attached hydrogens (tertiary/aromatic N) is 4. The van der Waals surface area contributed by atoms with Gasteiger partial charge in [-0.15, -0.1) is 0 Å². The van der Waals surface area contributed by atoms with Crippen LogP contribution >= 0.6 is 0 Å². The lowest BCUT2D eigenvalue weighted by Crippen LogP contribution is -2.36. The number of para-hydroxylation sites is 1. The molecule has 1 aliphatic rings. The van der Waals surface area contributed by atoms with Crippen molar-refractivity contribution in [3.8, 4) is 0 Å². The number of carbonyl (C=O) groups is 1. The van der Waals surface area contributed by atoms with E-state index in [1.54, 1.807) is 18.5 Å². The summed E-state index contributed by atoms with van der Waals surface area (Å²) in [7, 11) is 0. The third-order valence-electron chi connectivity index (χ3n) is 4.67. The van der Waals surface area contributed by atoms with E-state index in [1.165, 1.54) is 5.56 Å². The van der Waals surface area contributed by atoms with Crippen LogP contribution in [0.2, 0.25) is 0 Å². The van der Waals surface area contributed by atoms with Crippen molar-refractivity contribution in [2.24, 2.45) is 0 Å². The summed E-state index contributed by atoms with van der Waals surface area (Å²) in [6.45, 7) is 4.48. The first-order valence-electron chi connectivity index (χ1n) is 9.02. The fraction of sp³-hybridized carbons (Fsp3) is 0.238. The van der Waals surface area contributed by atoms with Crippen molar-refractivity contribution in [3.05, 3.63) is 77.4 Å². The predicted molar refractivity (Wildman–Crippen MR) is 105 cm³/mol. The van der Waals surface area contributed by atoms with Crippen LogP contribution in [0.25, 0.3) is 0 Å². The number of carbonyl (C=O) groups excluding carboxylic acids is 1. The van der Waals surface area contributed by atoms with Crippen LogP contribution in [0.4, 0.5) is 11.6 Å². The van der Waals surface area contributed by atoms with E-state index in [1.807, 2.05) is 42.2 Å². The van der Waals surface area contributed by atoms with Gasteiger partial charge in [-0.1, -0.05) is 24.3 Å². The number of rotatable bonds is 4. The summed E-state index contributed by atoms with van der Waals surface area (Å²) in [6, 6.07) is 13.7. The van der Waals surface area contributed by atoms with Crippen molar-refractivity contribution in [2.45, 2.75) is 32.9 Å². The van der Waals surface area contributed by atoms with Crippen LogP contribution in [0.1, 0.15) is 34.2 Å². The molecule has 0 spiro atoms. The maximum Gasteiger partial charge on any atom is 0.277 e. The Bertz CT molecular complexity index is 973. The first-order valence-corrected chi connectivity index (χ1v) is 9.02. The molecule has 6 nitrogen and oxygen atoms in total. The lowest BCUT2D eigenvalue weighted by molar-refractivity contribution is 0.0976. The summed E-state index contributed by atoms with van der Waals surface area (Å²) in [5.74, 6) is 0.352. The lowest BCUT2D eigenvalue weighted by atomic mass is 10.1. The molecule has 4 rings (SSSR count). The minimum absolute atomic E-state index is 0.0950. The van der Waals surface area contributed by atoms with Gasteiger partial charge in [0, 0.05) is 36.4 Å². The Morgan fingerprint density at radius 2 is 2.07 bits per heavy atom. The standard InChI is InChI=1S/C21H21N5O/c1-14-10-18(25-21(24-14)23-13-16-6-5-9-22-12-16)20(27)26-15(2)11-17-7-3-4-8-19(17)26/h3-10,12,15H,11,13H2,1-2H3,(H,23,24,25). The smallest absolute Gasteiger partial charge is 0.277 e. The number of hydrogen-bond donors (Lipinski definition) is 1. The van der Waals surface area contributed by atoms with Gasteiger partial charge in [-0.2, -0.15) is 0 Å². The number of aromatic nitrogens is 3. The molecule has 136 valence electrons. The van der Waals surface area contributed by atoms with Crippen LogP contribution in [0.15, 0.2) is 54.9 Å². The number of benzene rings is 1. The molecular formula is C21H21N5O. The molecule has 1 atom stereocenters. The number of anilines is 2.